The highest BCUT2D eigenvalue weighted by molar-refractivity contribution is 7.87. The summed E-state index contributed by atoms with van der Waals surface area (Å²) in [4.78, 5) is -0.176. The lowest BCUT2D eigenvalue weighted by molar-refractivity contribution is 0.388. The van der Waals surface area contributed by atoms with Gasteiger partial charge in [-0.1, -0.05) is 29.3 Å². The average Bonchev–Trinajstić information content (AvgIpc) is 2.51. The molecular formula is C14H12Cl2O5S. The van der Waals surface area contributed by atoms with Gasteiger partial charge in [0.15, 0.2) is 10.6 Å². The van der Waals surface area contributed by atoms with Crippen LogP contribution in [0.1, 0.15) is 0 Å². The molecule has 8 heteroatoms. The van der Waals surface area contributed by atoms with E-state index in [4.69, 9.17) is 36.9 Å². The van der Waals surface area contributed by atoms with Crippen LogP contribution < -0.4 is 13.7 Å². The lowest BCUT2D eigenvalue weighted by Crippen LogP contribution is -2.11. The first kappa shape index (κ1) is 16.7. The summed E-state index contributed by atoms with van der Waals surface area (Å²) in [5, 5.41) is 0.196. The van der Waals surface area contributed by atoms with Crippen molar-refractivity contribution >= 4 is 33.3 Å². The quantitative estimate of drug-likeness (QED) is 0.757. The molecule has 2 rings (SSSR count). The molecule has 0 aliphatic heterocycles. The van der Waals surface area contributed by atoms with Crippen LogP contribution in [0.4, 0.5) is 0 Å². The summed E-state index contributed by atoms with van der Waals surface area (Å²) in [6, 6.07) is 8.79. The van der Waals surface area contributed by atoms with Crippen LogP contribution in [0.3, 0.4) is 0 Å². The van der Waals surface area contributed by atoms with Gasteiger partial charge in [-0.15, -0.1) is 0 Å². The topological polar surface area (TPSA) is 61.8 Å². The second-order valence-electron chi connectivity index (χ2n) is 4.11. The molecule has 0 amide bonds. The lowest BCUT2D eigenvalue weighted by Gasteiger charge is -2.13. The SMILES string of the molecule is COc1ccc(OC)c(S(=O)(=O)Oc2cccc(Cl)c2Cl)c1. The Morgan fingerprint density at radius 2 is 1.68 bits per heavy atom. The van der Waals surface area contributed by atoms with E-state index in [1.165, 1.54) is 44.6 Å². The van der Waals surface area contributed by atoms with Gasteiger partial charge in [-0.05, 0) is 24.3 Å². The fourth-order valence-electron chi connectivity index (χ4n) is 1.69. The van der Waals surface area contributed by atoms with E-state index >= 15 is 0 Å². The minimum absolute atomic E-state index is 0.00889. The minimum atomic E-state index is -4.18. The highest BCUT2D eigenvalue weighted by Crippen LogP contribution is 2.35. The molecule has 22 heavy (non-hydrogen) atoms. The molecule has 0 heterocycles. The van der Waals surface area contributed by atoms with Crippen LogP contribution in [-0.2, 0) is 10.1 Å². The summed E-state index contributed by atoms with van der Waals surface area (Å²) in [6.07, 6.45) is 0. The van der Waals surface area contributed by atoms with Crippen LogP contribution in [-0.4, -0.2) is 22.6 Å². The average molecular weight is 363 g/mol. The van der Waals surface area contributed by atoms with E-state index in [1.807, 2.05) is 0 Å². The molecule has 0 aliphatic rings. The fraction of sp³-hybridized carbons (Fsp3) is 0.143. The molecule has 2 aromatic rings. The molecule has 0 atom stereocenters. The standard InChI is InChI=1S/C14H12Cl2O5S/c1-19-9-6-7-11(20-2)13(8-9)22(17,18)21-12-5-3-4-10(15)14(12)16/h3-8H,1-2H3. The Labute approximate surface area is 138 Å². The van der Waals surface area contributed by atoms with Crippen molar-refractivity contribution in [1.82, 2.24) is 0 Å². The highest BCUT2D eigenvalue weighted by atomic mass is 35.5. The Hall–Kier alpha value is -1.63. The number of hydrogen-bond acceptors (Lipinski definition) is 5. The van der Waals surface area contributed by atoms with Crippen LogP contribution in [0.25, 0.3) is 0 Å². The van der Waals surface area contributed by atoms with Crippen molar-refractivity contribution in [3.05, 3.63) is 46.4 Å². The Kier molecular flexibility index (Phi) is 5.05. The molecule has 0 spiro atoms. The maximum Gasteiger partial charge on any atom is 0.343 e. The second-order valence-corrected chi connectivity index (χ2v) is 6.41. The van der Waals surface area contributed by atoms with E-state index < -0.39 is 10.1 Å². The van der Waals surface area contributed by atoms with E-state index in [2.05, 4.69) is 0 Å². The number of methoxy groups -OCH3 is 2. The lowest BCUT2D eigenvalue weighted by atomic mass is 10.3. The van der Waals surface area contributed by atoms with Crippen molar-refractivity contribution in [2.24, 2.45) is 0 Å². The first-order chi connectivity index (χ1) is 10.4. The van der Waals surface area contributed by atoms with Crippen molar-refractivity contribution in [2.45, 2.75) is 4.90 Å². The van der Waals surface area contributed by atoms with Gasteiger partial charge in [0, 0.05) is 6.07 Å². The number of hydrogen-bond donors (Lipinski definition) is 0. The van der Waals surface area contributed by atoms with Crippen LogP contribution in [0.5, 0.6) is 17.2 Å². The van der Waals surface area contributed by atoms with Gasteiger partial charge < -0.3 is 13.7 Å². The maximum absolute atomic E-state index is 12.5. The molecule has 0 N–H and O–H groups in total. The Balaban J connectivity index is 2.48. The highest BCUT2D eigenvalue weighted by Gasteiger charge is 2.24. The molecule has 0 aliphatic carbocycles. The van der Waals surface area contributed by atoms with E-state index in [9.17, 15) is 8.42 Å². The van der Waals surface area contributed by atoms with Gasteiger partial charge in [0.05, 0.1) is 19.2 Å². The van der Waals surface area contributed by atoms with E-state index in [1.54, 1.807) is 6.07 Å². The van der Waals surface area contributed by atoms with Gasteiger partial charge in [-0.25, -0.2) is 0 Å². The first-order valence-corrected chi connectivity index (χ1v) is 8.16. The molecule has 0 bridgehead atoms. The predicted molar refractivity (Wildman–Crippen MR) is 83.8 cm³/mol. The normalized spacial score (nSPS) is 11.1. The molecular weight excluding hydrogens is 351 g/mol. The third-order valence-corrected chi connectivity index (χ3v) is 4.81. The van der Waals surface area contributed by atoms with Crippen LogP contribution in [0.15, 0.2) is 41.3 Å². The Bertz CT molecular complexity index is 790. The van der Waals surface area contributed by atoms with Crippen molar-refractivity contribution in [3.63, 3.8) is 0 Å². The van der Waals surface area contributed by atoms with Gasteiger partial charge in [0.2, 0.25) is 0 Å². The molecule has 5 nitrogen and oxygen atoms in total. The summed E-state index contributed by atoms with van der Waals surface area (Å²) in [5.74, 6) is 0.401. The van der Waals surface area contributed by atoms with Gasteiger partial charge >= 0.3 is 10.1 Å². The largest absolute Gasteiger partial charge is 0.497 e. The number of halogens is 2. The Morgan fingerprint density at radius 1 is 0.955 bits per heavy atom. The van der Waals surface area contributed by atoms with Crippen LogP contribution in [0, 0.1) is 0 Å². The minimum Gasteiger partial charge on any atom is -0.497 e. The molecule has 0 fully saturated rings. The summed E-state index contributed by atoms with van der Waals surface area (Å²) >= 11 is 11.8. The predicted octanol–water partition coefficient (Wildman–Crippen LogP) is 3.78. The molecule has 0 saturated heterocycles. The summed E-state index contributed by atoms with van der Waals surface area (Å²) in [6.45, 7) is 0. The van der Waals surface area contributed by atoms with E-state index in [0.29, 0.717) is 5.75 Å². The van der Waals surface area contributed by atoms with Crippen molar-refractivity contribution in [3.8, 4) is 17.2 Å². The van der Waals surface area contributed by atoms with Gasteiger partial charge in [-0.2, -0.15) is 8.42 Å². The third kappa shape index (κ3) is 3.40. The van der Waals surface area contributed by atoms with Gasteiger partial charge in [-0.3, -0.25) is 0 Å². The van der Waals surface area contributed by atoms with Crippen LogP contribution in [0.2, 0.25) is 10.0 Å². The molecule has 0 aromatic heterocycles. The number of ether oxygens (including phenoxy) is 2. The third-order valence-electron chi connectivity index (χ3n) is 2.76. The second kappa shape index (κ2) is 6.64. The van der Waals surface area contributed by atoms with E-state index in [0.717, 1.165) is 0 Å². The number of benzene rings is 2. The summed E-state index contributed by atoms with van der Waals surface area (Å²) < 4.78 is 40.0. The fourth-order valence-corrected chi connectivity index (χ4v) is 3.19. The molecule has 118 valence electrons. The monoisotopic (exact) mass is 362 g/mol. The van der Waals surface area contributed by atoms with Crippen molar-refractivity contribution in [2.75, 3.05) is 14.2 Å². The van der Waals surface area contributed by atoms with Crippen molar-refractivity contribution < 1.29 is 22.1 Å². The molecule has 0 unspecified atom stereocenters. The van der Waals surface area contributed by atoms with Gasteiger partial charge in [0.25, 0.3) is 0 Å². The molecule has 0 saturated carbocycles. The molecule has 2 aromatic carbocycles. The zero-order chi connectivity index (χ0) is 16.3. The molecule has 0 radical (unpaired) electrons. The first-order valence-electron chi connectivity index (χ1n) is 5.99. The van der Waals surface area contributed by atoms with Crippen LogP contribution >= 0.6 is 23.2 Å². The Morgan fingerprint density at radius 3 is 2.32 bits per heavy atom. The number of rotatable bonds is 5. The zero-order valence-electron chi connectivity index (χ0n) is 11.7. The summed E-state index contributed by atoms with van der Waals surface area (Å²) in [5.41, 5.74) is 0. The smallest absolute Gasteiger partial charge is 0.343 e. The van der Waals surface area contributed by atoms with Crippen molar-refractivity contribution in [1.29, 1.82) is 0 Å². The van der Waals surface area contributed by atoms with Gasteiger partial charge in [0.1, 0.15) is 16.5 Å². The van der Waals surface area contributed by atoms with E-state index in [-0.39, 0.29) is 26.4 Å². The summed E-state index contributed by atoms with van der Waals surface area (Å²) in [7, 11) is -1.40. The maximum atomic E-state index is 12.5. The zero-order valence-corrected chi connectivity index (χ0v) is 14.0.